The van der Waals surface area contributed by atoms with Crippen LogP contribution in [0, 0.1) is 11.3 Å². The SMILES string of the molecule is COC1CC(NCCCC(C)CCN)C1(C)C. The van der Waals surface area contributed by atoms with E-state index < -0.39 is 0 Å². The molecule has 1 fully saturated rings. The van der Waals surface area contributed by atoms with Crippen molar-refractivity contribution in [3.8, 4) is 0 Å². The van der Waals surface area contributed by atoms with Crippen LogP contribution in [-0.4, -0.2) is 32.3 Å². The van der Waals surface area contributed by atoms with Gasteiger partial charge in [0.1, 0.15) is 0 Å². The van der Waals surface area contributed by atoms with Gasteiger partial charge in [0.2, 0.25) is 0 Å². The molecule has 1 aliphatic carbocycles. The summed E-state index contributed by atoms with van der Waals surface area (Å²) in [5, 5.41) is 3.66. The molecule has 1 saturated carbocycles. The molecule has 0 heterocycles. The molecular weight excluding hydrogens is 212 g/mol. The number of methoxy groups -OCH3 is 1. The maximum Gasteiger partial charge on any atom is 0.0652 e. The number of nitrogens with two attached hydrogens (primary N) is 1. The molecule has 3 heteroatoms. The third-order valence-corrected chi connectivity index (χ3v) is 4.39. The summed E-state index contributed by atoms with van der Waals surface area (Å²) in [5.41, 5.74) is 5.84. The van der Waals surface area contributed by atoms with Crippen molar-refractivity contribution in [1.82, 2.24) is 5.32 Å². The second-order valence-corrected chi connectivity index (χ2v) is 6.11. The minimum absolute atomic E-state index is 0.289. The Morgan fingerprint density at radius 3 is 2.65 bits per heavy atom. The van der Waals surface area contributed by atoms with Crippen LogP contribution >= 0.6 is 0 Å². The highest BCUT2D eigenvalue weighted by atomic mass is 16.5. The van der Waals surface area contributed by atoms with Crippen molar-refractivity contribution < 1.29 is 4.74 Å². The van der Waals surface area contributed by atoms with Gasteiger partial charge in [0.15, 0.2) is 0 Å². The van der Waals surface area contributed by atoms with Gasteiger partial charge in [-0.05, 0) is 44.7 Å². The van der Waals surface area contributed by atoms with Crippen LogP contribution in [0.3, 0.4) is 0 Å². The summed E-state index contributed by atoms with van der Waals surface area (Å²) in [5.74, 6) is 0.767. The van der Waals surface area contributed by atoms with E-state index in [4.69, 9.17) is 10.5 Å². The molecule has 3 unspecified atom stereocenters. The standard InChI is InChI=1S/C14H30N2O/c1-11(7-8-15)6-5-9-16-12-10-13(17-4)14(12,2)3/h11-13,16H,5-10,15H2,1-4H3. The lowest BCUT2D eigenvalue weighted by molar-refractivity contribution is -0.0973. The average Bonchev–Trinajstić information content (AvgIpc) is 2.27. The van der Waals surface area contributed by atoms with E-state index in [0.717, 1.165) is 31.8 Å². The van der Waals surface area contributed by atoms with E-state index in [-0.39, 0.29) is 5.41 Å². The fourth-order valence-electron chi connectivity index (χ4n) is 2.79. The van der Waals surface area contributed by atoms with Crippen molar-refractivity contribution in [2.24, 2.45) is 17.1 Å². The predicted molar refractivity (Wildman–Crippen MR) is 73.1 cm³/mol. The number of hydrogen-bond donors (Lipinski definition) is 2. The quantitative estimate of drug-likeness (QED) is 0.641. The summed E-state index contributed by atoms with van der Waals surface area (Å²) < 4.78 is 5.45. The van der Waals surface area contributed by atoms with Crippen molar-refractivity contribution in [1.29, 1.82) is 0 Å². The van der Waals surface area contributed by atoms with Crippen LogP contribution < -0.4 is 11.1 Å². The van der Waals surface area contributed by atoms with Crippen molar-refractivity contribution in [2.45, 2.75) is 58.6 Å². The molecule has 3 atom stereocenters. The van der Waals surface area contributed by atoms with Gasteiger partial charge in [-0.2, -0.15) is 0 Å². The Labute approximate surface area is 106 Å². The molecule has 1 rings (SSSR count). The lowest BCUT2D eigenvalue weighted by atomic mass is 9.64. The van der Waals surface area contributed by atoms with Gasteiger partial charge in [-0.15, -0.1) is 0 Å². The van der Waals surface area contributed by atoms with Gasteiger partial charge in [-0.1, -0.05) is 20.8 Å². The first-order valence-electron chi connectivity index (χ1n) is 6.98. The zero-order valence-corrected chi connectivity index (χ0v) is 12.0. The Bertz CT molecular complexity index is 218. The van der Waals surface area contributed by atoms with Crippen molar-refractivity contribution >= 4 is 0 Å². The minimum Gasteiger partial charge on any atom is -0.381 e. The zero-order chi connectivity index (χ0) is 12.9. The molecule has 0 spiro atoms. The molecule has 1 aliphatic rings. The topological polar surface area (TPSA) is 47.3 Å². The molecule has 0 aromatic heterocycles. The summed E-state index contributed by atoms with van der Waals surface area (Å²) in [6, 6.07) is 0.622. The summed E-state index contributed by atoms with van der Waals surface area (Å²) in [6.45, 7) is 8.82. The number of hydrogen-bond acceptors (Lipinski definition) is 3. The van der Waals surface area contributed by atoms with E-state index in [0.29, 0.717) is 12.1 Å². The van der Waals surface area contributed by atoms with E-state index >= 15 is 0 Å². The number of rotatable bonds is 8. The Morgan fingerprint density at radius 1 is 1.41 bits per heavy atom. The molecule has 0 amide bonds. The first kappa shape index (κ1) is 14.9. The third-order valence-electron chi connectivity index (χ3n) is 4.39. The molecule has 3 nitrogen and oxygen atoms in total. The van der Waals surface area contributed by atoms with E-state index in [1.54, 1.807) is 0 Å². The molecule has 102 valence electrons. The molecule has 0 aromatic rings. The summed E-state index contributed by atoms with van der Waals surface area (Å²) in [4.78, 5) is 0. The van der Waals surface area contributed by atoms with Gasteiger partial charge < -0.3 is 15.8 Å². The van der Waals surface area contributed by atoms with E-state index in [9.17, 15) is 0 Å². The molecule has 0 saturated heterocycles. The highest BCUT2D eigenvalue weighted by Crippen LogP contribution is 2.42. The molecule has 3 N–H and O–H groups in total. The van der Waals surface area contributed by atoms with Gasteiger partial charge in [-0.25, -0.2) is 0 Å². The first-order chi connectivity index (χ1) is 8.02. The van der Waals surface area contributed by atoms with Crippen LogP contribution in [0.4, 0.5) is 0 Å². The normalized spacial score (nSPS) is 28.8. The fourth-order valence-corrected chi connectivity index (χ4v) is 2.79. The smallest absolute Gasteiger partial charge is 0.0652 e. The number of nitrogens with one attached hydrogen (secondary N) is 1. The Kier molecular flexibility index (Phi) is 5.90. The predicted octanol–water partition coefficient (Wildman–Crippen LogP) is 2.15. The van der Waals surface area contributed by atoms with Crippen molar-refractivity contribution in [3.63, 3.8) is 0 Å². The minimum atomic E-state index is 0.289. The molecule has 0 aliphatic heterocycles. The lowest BCUT2D eigenvalue weighted by Crippen LogP contribution is -2.60. The van der Waals surface area contributed by atoms with Crippen molar-refractivity contribution in [3.05, 3.63) is 0 Å². The Balaban J connectivity index is 2.08. The van der Waals surface area contributed by atoms with E-state index in [2.05, 4.69) is 26.1 Å². The zero-order valence-electron chi connectivity index (χ0n) is 12.0. The fraction of sp³-hybridized carbons (Fsp3) is 1.00. The van der Waals surface area contributed by atoms with Crippen LogP contribution in [0.5, 0.6) is 0 Å². The molecular formula is C14H30N2O. The van der Waals surface area contributed by atoms with Crippen LogP contribution in [0.15, 0.2) is 0 Å². The van der Waals surface area contributed by atoms with Crippen LogP contribution in [0.25, 0.3) is 0 Å². The largest absolute Gasteiger partial charge is 0.381 e. The average molecular weight is 242 g/mol. The Hall–Kier alpha value is -0.120. The maximum absolute atomic E-state index is 5.55. The Morgan fingerprint density at radius 2 is 2.12 bits per heavy atom. The van der Waals surface area contributed by atoms with Gasteiger partial charge >= 0.3 is 0 Å². The highest BCUT2D eigenvalue weighted by Gasteiger charge is 2.47. The van der Waals surface area contributed by atoms with Gasteiger partial charge in [-0.3, -0.25) is 0 Å². The lowest BCUT2D eigenvalue weighted by Gasteiger charge is -2.51. The summed E-state index contributed by atoms with van der Waals surface area (Å²) in [7, 11) is 1.82. The second kappa shape index (κ2) is 6.72. The highest BCUT2D eigenvalue weighted by molar-refractivity contribution is 5.02. The van der Waals surface area contributed by atoms with Crippen LogP contribution in [-0.2, 0) is 4.74 Å². The summed E-state index contributed by atoms with van der Waals surface area (Å²) in [6.07, 6.45) is 5.27. The molecule has 0 radical (unpaired) electrons. The molecule has 0 aromatic carbocycles. The third kappa shape index (κ3) is 3.94. The first-order valence-corrected chi connectivity index (χ1v) is 6.98. The van der Waals surface area contributed by atoms with Gasteiger partial charge in [0.05, 0.1) is 6.10 Å². The van der Waals surface area contributed by atoms with E-state index in [1.165, 1.54) is 12.8 Å². The molecule has 0 bridgehead atoms. The summed E-state index contributed by atoms with van der Waals surface area (Å²) >= 11 is 0. The van der Waals surface area contributed by atoms with Crippen LogP contribution in [0.1, 0.15) is 46.5 Å². The van der Waals surface area contributed by atoms with Crippen molar-refractivity contribution in [2.75, 3.05) is 20.2 Å². The van der Waals surface area contributed by atoms with Crippen LogP contribution in [0.2, 0.25) is 0 Å². The second-order valence-electron chi connectivity index (χ2n) is 6.11. The molecule has 17 heavy (non-hydrogen) atoms. The van der Waals surface area contributed by atoms with E-state index in [1.807, 2.05) is 7.11 Å². The van der Waals surface area contributed by atoms with Gasteiger partial charge in [0, 0.05) is 18.6 Å². The monoisotopic (exact) mass is 242 g/mol. The number of ether oxygens (including phenoxy) is 1. The van der Waals surface area contributed by atoms with Gasteiger partial charge in [0.25, 0.3) is 0 Å². The maximum atomic E-state index is 5.55.